The van der Waals surface area contributed by atoms with E-state index in [1.54, 1.807) is 32.0 Å². The Balaban J connectivity index is 2.77. The monoisotopic (exact) mass is 296 g/mol. The fraction of sp³-hybridized carbons (Fsp3) is 0.429. The molecule has 0 unspecified atom stereocenters. The maximum absolute atomic E-state index is 11.8. The van der Waals surface area contributed by atoms with Gasteiger partial charge in [0.15, 0.2) is 11.5 Å². The normalized spacial score (nSPS) is 11.7. The first kappa shape index (κ1) is 16.6. The van der Waals surface area contributed by atoms with Crippen molar-refractivity contribution in [3.05, 3.63) is 18.2 Å². The van der Waals surface area contributed by atoms with Crippen LogP contribution in [0.5, 0.6) is 11.5 Å². The highest BCUT2D eigenvalue weighted by molar-refractivity contribution is 5.92. The van der Waals surface area contributed by atoms with E-state index in [9.17, 15) is 9.59 Å². The first-order valence-electron chi connectivity index (χ1n) is 6.41. The summed E-state index contributed by atoms with van der Waals surface area (Å²) >= 11 is 0. The number of hydrogen-bond acceptors (Lipinski definition) is 4. The number of ether oxygens (including phenoxy) is 2. The van der Waals surface area contributed by atoms with Gasteiger partial charge in [0.05, 0.1) is 14.2 Å². The van der Waals surface area contributed by atoms with Gasteiger partial charge in [-0.25, -0.2) is 9.59 Å². The Morgan fingerprint density at radius 2 is 1.76 bits per heavy atom. The van der Waals surface area contributed by atoms with Crippen molar-refractivity contribution in [1.29, 1.82) is 0 Å². The highest BCUT2D eigenvalue weighted by atomic mass is 16.5. The van der Waals surface area contributed by atoms with Gasteiger partial charge in [0.2, 0.25) is 0 Å². The minimum Gasteiger partial charge on any atom is -0.493 e. The molecule has 0 aliphatic rings. The highest BCUT2D eigenvalue weighted by Gasteiger charge is 2.23. The zero-order chi connectivity index (χ0) is 16.0. The molecule has 0 spiro atoms. The molecule has 0 aromatic heterocycles. The van der Waals surface area contributed by atoms with Crippen molar-refractivity contribution in [2.24, 2.45) is 5.92 Å². The van der Waals surface area contributed by atoms with Crippen molar-refractivity contribution >= 4 is 17.7 Å². The van der Waals surface area contributed by atoms with Crippen molar-refractivity contribution in [1.82, 2.24) is 5.32 Å². The fourth-order valence-corrected chi connectivity index (χ4v) is 1.74. The summed E-state index contributed by atoms with van der Waals surface area (Å²) in [6.45, 7) is 3.44. The van der Waals surface area contributed by atoms with Gasteiger partial charge in [-0.15, -0.1) is 0 Å². The molecule has 0 saturated heterocycles. The zero-order valence-corrected chi connectivity index (χ0v) is 12.5. The first-order chi connectivity index (χ1) is 9.88. The van der Waals surface area contributed by atoms with Gasteiger partial charge in [-0.2, -0.15) is 0 Å². The summed E-state index contributed by atoms with van der Waals surface area (Å²) in [6, 6.07) is 3.31. The van der Waals surface area contributed by atoms with Crippen molar-refractivity contribution in [2.45, 2.75) is 19.9 Å². The van der Waals surface area contributed by atoms with Crippen LogP contribution in [0, 0.1) is 5.92 Å². The van der Waals surface area contributed by atoms with Gasteiger partial charge in [-0.3, -0.25) is 0 Å². The number of carbonyl (C=O) groups excluding carboxylic acids is 1. The van der Waals surface area contributed by atoms with E-state index in [0.717, 1.165) is 0 Å². The summed E-state index contributed by atoms with van der Waals surface area (Å²) in [7, 11) is 3.00. The Bertz CT molecular complexity index is 516. The van der Waals surface area contributed by atoms with Crippen LogP contribution in [0.25, 0.3) is 0 Å². The summed E-state index contributed by atoms with van der Waals surface area (Å²) in [5, 5.41) is 14.0. The number of benzene rings is 1. The van der Waals surface area contributed by atoms with Gasteiger partial charge in [-0.05, 0) is 18.1 Å². The number of nitrogens with one attached hydrogen (secondary N) is 2. The van der Waals surface area contributed by atoms with Gasteiger partial charge in [-0.1, -0.05) is 13.8 Å². The van der Waals surface area contributed by atoms with E-state index in [2.05, 4.69) is 10.6 Å². The Labute approximate surface area is 123 Å². The van der Waals surface area contributed by atoms with Crippen molar-refractivity contribution in [3.8, 4) is 11.5 Å². The van der Waals surface area contributed by atoms with Crippen LogP contribution in [0.4, 0.5) is 10.5 Å². The summed E-state index contributed by atoms with van der Waals surface area (Å²) in [5.74, 6) is -0.297. The number of amides is 2. The smallest absolute Gasteiger partial charge is 0.326 e. The summed E-state index contributed by atoms with van der Waals surface area (Å²) in [5.41, 5.74) is 0.470. The number of anilines is 1. The third kappa shape index (κ3) is 4.55. The predicted octanol–water partition coefficient (Wildman–Crippen LogP) is 1.93. The minimum absolute atomic E-state index is 0.223. The van der Waals surface area contributed by atoms with E-state index in [1.807, 2.05) is 0 Å². The lowest BCUT2D eigenvalue weighted by atomic mass is 10.1. The summed E-state index contributed by atoms with van der Waals surface area (Å²) < 4.78 is 10.2. The molecule has 1 atom stereocenters. The molecule has 7 nitrogen and oxygen atoms in total. The fourth-order valence-electron chi connectivity index (χ4n) is 1.74. The van der Waals surface area contributed by atoms with E-state index in [4.69, 9.17) is 14.6 Å². The van der Waals surface area contributed by atoms with E-state index >= 15 is 0 Å². The lowest BCUT2D eigenvalue weighted by Gasteiger charge is -2.18. The number of methoxy groups -OCH3 is 2. The SMILES string of the molecule is COc1ccc(NC(=O)N[C@H](C(=O)O)C(C)C)cc1OC. The maximum atomic E-state index is 11.8. The molecule has 0 aliphatic carbocycles. The molecule has 0 saturated carbocycles. The predicted molar refractivity (Wildman–Crippen MR) is 78.0 cm³/mol. The average Bonchev–Trinajstić information content (AvgIpc) is 2.43. The molecule has 0 bridgehead atoms. The zero-order valence-electron chi connectivity index (χ0n) is 12.5. The Hall–Kier alpha value is -2.44. The molecule has 3 N–H and O–H groups in total. The van der Waals surface area contributed by atoms with Crippen LogP contribution in [0.3, 0.4) is 0 Å². The van der Waals surface area contributed by atoms with Crippen LogP contribution in [0.15, 0.2) is 18.2 Å². The number of urea groups is 1. The Kier molecular flexibility index (Phi) is 5.83. The van der Waals surface area contributed by atoms with Gasteiger partial charge in [0.25, 0.3) is 0 Å². The molecule has 0 aliphatic heterocycles. The van der Waals surface area contributed by atoms with Gasteiger partial charge >= 0.3 is 12.0 Å². The lowest BCUT2D eigenvalue weighted by Crippen LogP contribution is -2.46. The van der Waals surface area contributed by atoms with Gasteiger partial charge < -0.3 is 25.2 Å². The van der Waals surface area contributed by atoms with Crippen LogP contribution in [0.2, 0.25) is 0 Å². The van der Waals surface area contributed by atoms with Crippen LogP contribution < -0.4 is 20.1 Å². The van der Waals surface area contributed by atoms with Crippen LogP contribution >= 0.6 is 0 Å². The second kappa shape index (κ2) is 7.37. The number of hydrogen-bond donors (Lipinski definition) is 3. The third-order valence-electron chi connectivity index (χ3n) is 2.86. The molecule has 1 aromatic rings. The molecule has 21 heavy (non-hydrogen) atoms. The standard InChI is InChI=1S/C14H20N2O5/c1-8(2)12(13(17)18)16-14(19)15-9-5-6-10(20-3)11(7-9)21-4/h5-8,12H,1-4H3,(H,17,18)(H2,15,16,19)/t12-/m0/s1. The summed E-state index contributed by atoms with van der Waals surface area (Å²) in [6.07, 6.45) is 0. The average molecular weight is 296 g/mol. The van der Waals surface area contributed by atoms with Crippen LogP contribution in [-0.2, 0) is 4.79 Å². The number of carboxylic acids is 1. The largest absolute Gasteiger partial charge is 0.493 e. The van der Waals surface area contributed by atoms with E-state index < -0.39 is 18.0 Å². The molecular weight excluding hydrogens is 276 g/mol. The molecule has 1 rings (SSSR count). The highest BCUT2D eigenvalue weighted by Crippen LogP contribution is 2.29. The van der Waals surface area contributed by atoms with Crippen LogP contribution in [-0.4, -0.2) is 37.4 Å². The quantitative estimate of drug-likeness (QED) is 0.745. The molecule has 116 valence electrons. The minimum atomic E-state index is -1.08. The van der Waals surface area contributed by atoms with Crippen LogP contribution in [0.1, 0.15) is 13.8 Å². The molecule has 0 fully saturated rings. The second-order valence-corrected chi connectivity index (χ2v) is 4.73. The molecular formula is C14H20N2O5. The number of rotatable bonds is 6. The van der Waals surface area contributed by atoms with E-state index in [1.165, 1.54) is 14.2 Å². The van der Waals surface area contributed by atoms with Crippen molar-refractivity contribution < 1.29 is 24.2 Å². The van der Waals surface area contributed by atoms with Crippen molar-refractivity contribution in [3.63, 3.8) is 0 Å². The second-order valence-electron chi connectivity index (χ2n) is 4.73. The van der Waals surface area contributed by atoms with Gasteiger partial charge in [0, 0.05) is 11.8 Å². The molecule has 0 heterocycles. The van der Waals surface area contributed by atoms with E-state index in [0.29, 0.717) is 17.2 Å². The molecule has 2 amide bonds. The first-order valence-corrected chi connectivity index (χ1v) is 6.41. The number of carbonyl (C=O) groups is 2. The summed E-state index contributed by atoms with van der Waals surface area (Å²) in [4.78, 5) is 22.9. The van der Waals surface area contributed by atoms with Crippen molar-refractivity contribution in [2.75, 3.05) is 19.5 Å². The number of carboxylic acid groups (broad SMARTS) is 1. The van der Waals surface area contributed by atoms with Gasteiger partial charge in [0.1, 0.15) is 6.04 Å². The topological polar surface area (TPSA) is 96.9 Å². The lowest BCUT2D eigenvalue weighted by molar-refractivity contribution is -0.140. The maximum Gasteiger partial charge on any atom is 0.326 e. The van der Waals surface area contributed by atoms with E-state index in [-0.39, 0.29) is 5.92 Å². The number of aliphatic carboxylic acids is 1. The molecule has 1 aromatic carbocycles. The molecule has 0 radical (unpaired) electrons. The third-order valence-corrected chi connectivity index (χ3v) is 2.86. The Morgan fingerprint density at radius 3 is 2.24 bits per heavy atom. The molecule has 7 heteroatoms. The Morgan fingerprint density at radius 1 is 1.14 bits per heavy atom.